The van der Waals surface area contributed by atoms with Crippen LogP contribution in [-0.4, -0.2) is 61.3 Å². The molecule has 3 nitrogen and oxygen atoms in total. The van der Waals surface area contributed by atoms with Gasteiger partial charge in [-0.25, -0.2) is 0 Å². The van der Waals surface area contributed by atoms with Gasteiger partial charge in [-0.15, -0.1) is 0 Å². The van der Waals surface area contributed by atoms with Crippen molar-refractivity contribution in [2.45, 2.75) is 57.2 Å². The molecule has 0 aliphatic carbocycles. The first-order chi connectivity index (χ1) is 9.49. The van der Waals surface area contributed by atoms with Gasteiger partial charge in [0.15, 0.2) is 0 Å². The van der Waals surface area contributed by atoms with Crippen LogP contribution >= 0.6 is 11.8 Å². The lowest BCUT2D eigenvalue weighted by molar-refractivity contribution is -0.0717. The van der Waals surface area contributed by atoms with Crippen molar-refractivity contribution < 1.29 is 4.74 Å². The van der Waals surface area contributed by atoms with Crippen molar-refractivity contribution in [3.8, 4) is 0 Å². The van der Waals surface area contributed by atoms with Crippen LogP contribution in [0, 0.1) is 5.92 Å². The van der Waals surface area contributed by atoms with Gasteiger partial charge in [-0.05, 0) is 51.4 Å². The van der Waals surface area contributed by atoms with E-state index in [-0.39, 0.29) is 5.60 Å². The van der Waals surface area contributed by atoms with Gasteiger partial charge < -0.3 is 15.0 Å². The summed E-state index contributed by atoms with van der Waals surface area (Å²) in [6.45, 7) is 6.72. The van der Waals surface area contributed by atoms with E-state index in [0.717, 1.165) is 19.1 Å². The largest absolute Gasteiger partial charge is 0.374 e. The van der Waals surface area contributed by atoms with Crippen LogP contribution in [0.1, 0.15) is 39.5 Å². The van der Waals surface area contributed by atoms with E-state index < -0.39 is 0 Å². The molecule has 2 aliphatic rings. The summed E-state index contributed by atoms with van der Waals surface area (Å²) >= 11 is 2.06. The highest BCUT2D eigenvalue weighted by atomic mass is 32.2. The summed E-state index contributed by atoms with van der Waals surface area (Å²) in [5.41, 5.74) is 0.196. The average molecular weight is 301 g/mol. The molecule has 2 heterocycles. The van der Waals surface area contributed by atoms with E-state index in [0.29, 0.717) is 12.1 Å². The Hall–Kier alpha value is 0.230. The van der Waals surface area contributed by atoms with E-state index in [2.05, 4.69) is 49.9 Å². The predicted molar refractivity (Wildman–Crippen MR) is 88.6 cm³/mol. The first kappa shape index (κ1) is 16.6. The third-order valence-corrected chi connectivity index (χ3v) is 5.60. The maximum absolute atomic E-state index is 6.13. The minimum Gasteiger partial charge on any atom is -0.374 e. The second-order valence-corrected chi connectivity index (χ2v) is 8.38. The zero-order valence-electron chi connectivity index (χ0n) is 13.7. The average Bonchev–Trinajstić information content (AvgIpc) is 2.75. The van der Waals surface area contributed by atoms with Gasteiger partial charge in [0, 0.05) is 31.0 Å². The van der Waals surface area contributed by atoms with Gasteiger partial charge in [0.2, 0.25) is 0 Å². The van der Waals surface area contributed by atoms with Crippen LogP contribution in [0.2, 0.25) is 0 Å². The van der Waals surface area contributed by atoms with Gasteiger partial charge in [-0.1, -0.05) is 13.8 Å². The van der Waals surface area contributed by atoms with Gasteiger partial charge >= 0.3 is 0 Å². The topological polar surface area (TPSA) is 24.5 Å². The lowest BCUT2D eigenvalue weighted by Gasteiger charge is -2.40. The molecule has 0 amide bonds. The Morgan fingerprint density at radius 1 is 1.40 bits per heavy atom. The number of nitrogens with zero attached hydrogens (tertiary/aromatic N) is 1. The van der Waals surface area contributed by atoms with Crippen molar-refractivity contribution >= 4 is 11.8 Å². The van der Waals surface area contributed by atoms with Crippen LogP contribution in [-0.2, 0) is 4.74 Å². The summed E-state index contributed by atoms with van der Waals surface area (Å²) in [6.07, 6.45) is 4.89. The Labute approximate surface area is 129 Å². The van der Waals surface area contributed by atoms with Crippen molar-refractivity contribution in [2.75, 3.05) is 38.8 Å². The molecule has 0 aromatic rings. The molecule has 0 bridgehead atoms. The third kappa shape index (κ3) is 4.90. The van der Waals surface area contributed by atoms with Crippen LogP contribution < -0.4 is 5.32 Å². The quantitative estimate of drug-likeness (QED) is 0.815. The lowest BCUT2D eigenvalue weighted by atomic mass is 9.89. The second kappa shape index (κ2) is 7.48. The fraction of sp³-hybridized carbons (Fsp3) is 1.00. The van der Waals surface area contributed by atoms with Crippen LogP contribution in [0.3, 0.4) is 0 Å². The van der Waals surface area contributed by atoms with E-state index in [1.165, 1.54) is 37.2 Å². The smallest absolute Gasteiger partial charge is 0.0795 e. The molecule has 2 rings (SSSR count). The highest BCUT2D eigenvalue weighted by Gasteiger charge is 2.40. The summed E-state index contributed by atoms with van der Waals surface area (Å²) in [4.78, 5) is 2.31. The van der Waals surface area contributed by atoms with E-state index >= 15 is 0 Å². The van der Waals surface area contributed by atoms with E-state index in [9.17, 15) is 0 Å². The summed E-state index contributed by atoms with van der Waals surface area (Å²) in [5, 5.41) is 3.94. The second-order valence-electron chi connectivity index (χ2n) is 7.28. The Bertz CT molecular complexity index is 280. The number of likely N-dealkylation sites (N-methyl/N-ethyl adjacent to an activating group) is 1. The molecule has 1 spiro atoms. The number of nitrogens with one attached hydrogen (secondary N) is 1. The molecule has 118 valence electrons. The maximum atomic E-state index is 6.13. The summed E-state index contributed by atoms with van der Waals surface area (Å²) in [7, 11) is 4.35. The Morgan fingerprint density at radius 2 is 2.20 bits per heavy atom. The molecule has 2 saturated heterocycles. The summed E-state index contributed by atoms with van der Waals surface area (Å²) in [6, 6.07) is 1.25. The van der Waals surface area contributed by atoms with Crippen molar-refractivity contribution in [3.05, 3.63) is 0 Å². The highest BCUT2D eigenvalue weighted by molar-refractivity contribution is 7.99. The Balaban J connectivity index is 1.88. The Morgan fingerprint density at radius 3 is 2.80 bits per heavy atom. The standard InChI is InChI=1S/C16H32N2OS/c1-13(2)9-15(11-18(3)4)17-14-5-7-19-16(10-14)6-8-20-12-16/h13-15,17H,5-12H2,1-4H3. The first-order valence-corrected chi connectivity index (χ1v) is 9.27. The molecule has 3 atom stereocenters. The lowest BCUT2D eigenvalue weighted by Crippen LogP contribution is -2.52. The fourth-order valence-electron chi connectivity index (χ4n) is 3.57. The van der Waals surface area contributed by atoms with Crippen LogP contribution in [0.25, 0.3) is 0 Å². The van der Waals surface area contributed by atoms with Gasteiger partial charge in [0.1, 0.15) is 0 Å². The first-order valence-electron chi connectivity index (χ1n) is 8.11. The fourth-order valence-corrected chi connectivity index (χ4v) is 4.95. The number of thioether (sulfide) groups is 1. The zero-order valence-corrected chi connectivity index (χ0v) is 14.5. The minimum absolute atomic E-state index is 0.196. The minimum atomic E-state index is 0.196. The molecular weight excluding hydrogens is 268 g/mol. The SMILES string of the molecule is CC(C)CC(CN(C)C)NC1CCOC2(CCSC2)C1. The molecule has 0 aromatic heterocycles. The van der Waals surface area contributed by atoms with Gasteiger partial charge in [0.05, 0.1) is 5.60 Å². The molecule has 2 aliphatic heterocycles. The van der Waals surface area contributed by atoms with Crippen LogP contribution in [0.15, 0.2) is 0 Å². The van der Waals surface area contributed by atoms with Gasteiger partial charge in [0.25, 0.3) is 0 Å². The molecular formula is C16H32N2OS. The monoisotopic (exact) mass is 300 g/mol. The molecule has 4 heteroatoms. The number of ether oxygens (including phenoxy) is 1. The van der Waals surface area contributed by atoms with Crippen molar-refractivity contribution in [3.63, 3.8) is 0 Å². The zero-order chi connectivity index (χ0) is 14.6. The number of hydrogen-bond acceptors (Lipinski definition) is 4. The molecule has 0 saturated carbocycles. The normalized spacial score (nSPS) is 32.4. The van der Waals surface area contributed by atoms with Crippen molar-refractivity contribution in [2.24, 2.45) is 5.92 Å². The molecule has 0 radical (unpaired) electrons. The predicted octanol–water partition coefficient (Wildman–Crippen LogP) is 2.61. The molecule has 3 unspecified atom stereocenters. The molecule has 0 aromatic carbocycles. The van der Waals surface area contributed by atoms with E-state index in [4.69, 9.17) is 4.74 Å². The maximum Gasteiger partial charge on any atom is 0.0795 e. The Kier molecular flexibility index (Phi) is 6.21. The van der Waals surface area contributed by atoms with Gasteiger partial charge in [-0.2, -0.15) is 11.8 Å². The number of hydrogen-bond donors (Lipinski definition) is 1. The highest BCUT2D eigenvalue weighted by Crippen LogP contribution is 2.38. The summed E-state index contributed by atoms with van der Waals surface area (Å²) in [5.74, 6) is 3.23. The van der Waals surface area contributed by atoms with Crippen molar-refractivity contribution in [1.82, 2.24) is 10.2 Å². The molecule has 2 fully saturated rings. The molecule has 20 heavy (non-hydrogen) atoms. The van der Waals surface area contributed by atoms with E-state index in [1.807, 2.05) is 0 Å². The molecule has 1 N–H and O–H groups in total. The third-order valence-electron chi connectivity index (χ3n) is 4.37. The van der Waals surface area contributed by atoms with Crippen LogP contribution in [0.5, 0.6) is 0 Å². The van der Waals surface area contributed by atoms with E-state index in [1.54, 1.807) is 0 Å². The summed E-state index contributed by atoms with van der Waals surface area (Å²) < 4.78 is 6.13. The van der Waals surface area contributed by atoms with Crippen molar-refractivity contribution in [1.29, 1.82) is 0 Å². The number of rotatable bonds is 6. The van der Waals surface area contributed by atoms with Gasteiger partial charge in [-0.3, -0.25) is 0 Å². The van der Waals surface area contributed by atoms with Crippen LogP contribution in [0.4, 0.5) is 0 Å².